The van der Waals surface area contributed by atoms with E-state index in [1.165, 1.54) is 35.1 Å². The molecule has 0 N–H and O–H groups in total. The van der Waals surface area contributed by atoms with Crippen LogP contribution in [0.15, 0.2) is 75.9 Å². The van der Waals surface area contributed by atoms with Crippen LogP contribution < -0.4 is 4.74 Å². The minimum absolute atomic E-state index is 0.264. The van der Waals surface area contributed by atoms with Crippen molar-refractivity contribution in [3.63, 3.8) is 0 Å². The summed E-state index contributed by atoms with van der Waals surface area (Å²) in [6, 6.07) is 10.6. The van der Waals surface area contributed by atoms with Gasteiger partial charge in [0.05, 0.1) is 5.69 Å². The van der Waals surface area contributed by atoms with Crippen LogP contribution in [-0.2, 0) is 0 Å². The first-order valence-electron chi connectivity index (χ1n) is 8.93. The number of rotatable bonds is 5. The molecule has 0 saturated carbocycles. The minimum Gasteiger partial charge on any atom is -0.411 e. The highest BCUT2D eigenvalue weighted by Gasteiger charge is 2.31. The topological polar surface area (TPSA) is 104 Å². The number of hydrogen-bond donors (Lipinski definition) is 0. The number of fused-ring (bicyclic) bond motifs is 1. The quantitative estimate of drug-likeness (QED) is 0.358. The van der Waals surface area contributed by atoms with E-state index < -0.39 is 6.36 Å². The van der Waals surface area contributed by atoms with E-state index in [-0.39, 0.29) is 11.0 Å². The number of benzene rings is 1. The van der Waals surface area contributed by atoms with Gasteiger partial charge in [0.2, 0.25) is 5.89 Å². The summed E-state index contributed by atoms with van der Waals surface area (Å²) in [5.74, 6) is 0.308. The van der Waals surface area contributed by atoms with Gasteiger partial charge < -0.3 is 9.15 Å². The number of halogens is 3. The van der Waals surface area contributed by atoms with E-state index in [4.69, 9.17) is 4.42 Å². The smallest absolute Gasteiger partial charge is 0.411 e. The third kappa shape index (κ3) is 4.23. The zero-order valence-corrected chi connectivity index (χ0v) is 16.6. The van der Waals surface area contributed by atoms with Crippen LogP contribution in [0.3, 0.4) is 0 Å². The van der Waals surface area contributed by atoms with Crippen molar-refractivity contribution >= 4 is 17.5 Å². The monoisotopic (exact) mass is 457 g/mol. The number of alkyl halides is 3. The molecule has 0 aliphatic rings. The average Bonchev–Trinajstić information content (AvgIpc) is 3.43. The zero-order chi connectivity index (χ0) is 22.1. The lowest BCUT2D eigenvalue weighted by molar-refractivity contribution is -0.274. The molecule has 1 aromatic carbocycles. The van der Waals surface area contributed by atoms with Crippen molar-refractivity contribution in [3.05, 3.63) is 61.2 Å². The van der Waals surface area contributed by atoms with Crippen LogP contribution in [-0.4, -0.2) is 41.1 Å². The molecule has 160 valence electrons. The average molecular weight is 457 g/mol. The van der Waals surface area contributed by atoms with Gasteiger partial charge in [0.1, 0.15) is 17.1 Å². The Labute approximate surface area is 181 Å². The molecule has 13 heteroatoms. The number of aromatic nitrogens is 7. The first-order chi connectivity index (χ1) is 15.4. The van der Waals surface area contributed by atoms with E-state index in [1.807, 2.05) is 0 Å². The molecule has 32 heavy (non-hydrogen) atoms. The molecule has 0 aliphatic carbocycles. The lowest BCUT2D eigenvalue weighted by atomic mass is 10.1. The summed E-state index contributed by atoms with van der Waals surface area (Å²) < 4.78 is 48.3. The molecule has 0 bridgehead atoms. The predicted octanol–water partition coefficient (Wildman–Crippen LogP) is 4.29. The van der Waals surface area contributed by atoms with E-state index >= 15 is 0 Å². The van der Waals surface area contributed by atoms with Gasteiger partial charge >= 0.3 is 6.36 Å². The normalized spacial score (nSPS) is 11.7. The molecule has 4 aromatic heterocycles. The van der Waals surface area contributed by atoms with Crippen molar-refractivity contribution in [2.75, 3.05) is 0 Å². The van der Waals surface area contributed by atoms with Crippen LogP contribution in [0.4, 0.5) is 13.2 Å². The summed E-state index contributed by atoms with van der Waals surface area (Å²) in [7, 11) is 0. The van der Waals surface area contributed by atoms with Crippen LogP contribution in [0.25, 0.3) is 28.5 Å². The summed E-state index contributed by atoms with van der Waals surface area (Å²) in [6.45, 7) is 0. The Balaban J connectivity index is 1.46. The number of nitrogens with zero attached hydrogens (tertiary/aromatic N) is 7. The van der Waals surface area contributed by atoms with Gasteiger partial charge in [-0.1, -0.05) is 0 Å². The lowest BCUT2D eigenvalue weighted by Gasteiger charge is -2.09. The summed E-state index contributed by atoms with van der Waals surface area (Å²) in [6.07, 6.45) is -0.188. The Morgan fingerprint density at radius 3 is 2.50 bits per heavy atom. The van der Waals surface area contributed by atoms with Crippen molar-refractivity contribution in [2.24, 2.45) is 0 Å². The van der Waals surface area contributed by atoms with E-state index in [0.717, 1.165) is 17.3 Å². The Morgan fingerprint density at radius 1 is 0.969 bits per heavy atom. The standard InChI is InChI=1S/C19H10F3N7O2S/c20-19(21,22)31-13-3-1-11(2-4-13)14-9-15(29-17(26-14)24-10-25-29)32-18-28-27-16(30-18)12-5-7-23-8-6-12/h1-10H. The molecule has 0 aliphatic heterocycles. The van der Waals surface area contributed by atoms with E-state index in [9.17, 15) is 13.2 Å². The Bertz CT molecular complexity index is 1370. The van der Waals surface area contributed by atoms with Gasteiger partial charge in [0, 0.05) is 23.5 Å². The van der Waals surface area contributed by atoms with Gasteiger partial charge in [0.15, 0.2) is 0 Å². The fourth-order valence-electron chi connectivity index (χ4n) is 2.78. The molecule has 4 heterocycles. The second-order valence-electron chi connectivity index (χ2n) is 6.23. The number of pyridine rings is 1. The van der Waals surface area contributed by atoms with E-state index in [1.54, 1.807) is 30.6 Å². The molecular weight excluding hydrogens is 447 g/mol. The lowest BCUT2D eigenvalue weighted by Crippen LogP contribution is -2.16. The fraction of sp³-hybridized carbons (Fsp3) is 0.0526. The van der Waals surface area contributed by atoms with Gasteiger partial charge in [-0.2, -0.15) is 14.6 Å². The highest BCUT2D eigenvalue weighted by atomic mass is 32.2. The van der Waals surface area contributed by atoms with Crippen molar-refractivity contribution in [1.82, 2.24) is 34.8 Å². The third-order valence-corrected chi connectivity index (χ3v) is 4.97. The summed E-state index contributed by atoms with van der Waals surface area (Å²) in [4.78, 5) is 12.5. The van der Waals surface area contributed by atoms with Crippen LogP contribution in [0.1, 0.15) is 0 Å². The molecular formula is C19H10F3N7O2S. The Kier molecular flexibility index (Phi) is 4.93. The van der Waals surface area contributed by atoms with Crippen LogP contribution in [0, 0.1) is 0 Å². The summed E-state index contributed by atoms with van der Waals surface area (Å²) >= 11 is 1.15. The molecule has 0 radical (unpaired) electrons. The van der Waals surface area contributed by atoms with Crippen molar-refractivity contribution in [1.29, 1.82) is 0 Å². The van der Waals surface area contributed by atoms with E-state index in [0.29, 0.717) is 28.0 Å². The van der Waals surface area contributed by atoms with Gasteiger partial charge in [0.25, 0.3) is 11.0 Å². The number of hydrogen-bond acceptors (Lipinski definition) is 9. The molecule has 9 nitrogen and oxygen atoms in total. The van der Waals surface area contributed by atoms with Gasteiger partial charge in [-0.05, 0) is 54.2 Å². The van der Waals surface area contributed by atoms with Gasteiger partial charge in [-0.3, -0.25) is 4.98 Å². The third-order valence-electron chi connectivity index (χ3n) is 4.13. The minimum atomic E-state index is -4.76. The first kappa shape index (κ1) is 19.9. The fourth-order valence-corrected chi connectivity index (χ4v) is 3.55. The molecule has 5 rings (SSSR count). The maximum Gasteiger partial charge on any atom is 0.573 e. The van der Waals surface area contributed by atoms with Crippen LogP contribution in [0.2, 0.25) is 0 Å². The van der Waals surface area contributed by atoms with Crippen molar-refractivity contribution in [2.45, 2.75) is 16.6 Å². The molecule has 0 atom stereocenters. The summed E-state index contributed by atoms with van der Waals surface area (Å²) in [5.41, 5.74) is 1.76. The molecule has 0 spiro atoms. The Morgan fingerprint density at radius 2 is 1.75 bits per heavy atom. The predicted molar refractivity (Wildman–Crippen MR) is 105 cm³/mol. The van der Waals surface area contributed by atoms with Crippen LogP contribution in [0.5, 0.6) is 5.75 Å². The van der Waals surface area contributed by atoms with Gasteiger partial charge in [-0.15, -0.1) is 23.4 Å². The second-order valence-corrected chi connectivity index (χ2v) is 7.21. The highest BCUT2D eigenvalue weighted by molar-refractivity contribution is 7.99. The molecule has 0 unspecified atom stereocenters. The second kappa shape index (κ2) is 7.92. The molecule has 0 saturated heterocycles. The molecule has 0 amide bonds. The van der Waals surface area contributed by atoms with Gasteiger partial charge in [-0.25, -0.2) is 4.98 Å². The SMILES string of the molecule is FC(F)(F)Oc1ccc(-c2cc(Sc3nnc(-c4ccncc4)o3)n3ncnc3n2)cc1. The highest BCUT2D eigenvalue weighted by Crippen LogP contribution is 2.32. The first-order valence-corrected chi connectivity index (χ1v) is 9.75. The van der Waals surface area contributed by atoms with Crippen molar-refractivity contribution in [3.8, 4) is 28.5 Å². The molecule has 5 aromatic rings. The maximum atomic E-state index is 12.4. The summed E-state index contributed by atoms with van der Waals surface area (Å²) in [5, 5.41) is 13.1. The zero-order valence-electron chi connectivity index (χ0n) is 15.8. The van der Waals surface area contributed by atoms with E-state index in [2.05, 4.69) is 35.0 Å². The van der Waals surface area contributed by atoms with Crippen molar-refractivity contribution < 1.29 is 22.3 Å². The largest absolute Gasteiger partial charge is 0.573 e. The maximum absolute atomic E-state index is 12.4. The number of ether oxygens (including phenoxy) is 1. The Hall–Kier alpha value is -4.00. The van der Waals surface area contributed by atoms with Crippen LogP contribution >= 0.6 is 11.8 Å². The molecule has 0 fully saturated rings.